The second kappa shape index (κ2) is 10.7. The molecular weight excluding hydrogens is 558 g/mol. The fourth-order valence-electron chi connectivity index (χ4n) is 3.54. The Bertz CT molecular complexity index is 1500. The lowest BCUT2D eigenvalue weighted by Crippen LogP contribution is -2.71. The standard InChI is InChI=1S/C19H17N11O5S3/c1-2-5-35-25-11(14-22-19(20)38-26-14)15(31)21-12-16(32)29-13(18(33)34)8(7-37-17(12)29)6-36-10-4-3-9-23-27-28-30(9)24-10/h2-4,12,17H,1,5-7H2,(H,21,31)(H,33,34)(H2,20,22,26)/b25-11+. The number of anilines is 1. The Morgan fingerprint density at radius 2 is 2.26 bits per heavy atom. The van der Waals surface area contributed by atoms with Gasteiger partial charge in [-0.25, -0.2) is 4.79 Å². The van der Waals surface area contributed by atoms with Gasteiger partial charge in [0.05, 0.1) is 0 Å². The molecule has 1 fully saturated rings. The maximum absolute atomic E-state index is 13.0. The molecule has 0 saturated carbocycles. The molecule has 5 rings (SSSR count). The summed E-state index contributed by atoms with van der Waals surface area (Å²) in [4.78, 5) is 48.3. The summed E-state index contributed by atoms with van der Waals surface area (Å²) in [6.07, 6.45) is 1.43. The van der Waals surface area contributed by atoms with Crippen molar-refractivity contribution < 1.29 is 24.3 Å². The number of nitrogens with zero attached hydrogens (tertiary/aromatic N) is 9. The zero-order valence-electron chi connectivity index (χ0n) is 19.1. The molecule has 3 aromatic heterocycles. The van der Waals surface area contributed by atoms with E-state index in [1.54, 1.807) is 12.1 Å². The van der Waals surface area contributed by atoms with E-state index < -0.39 is 29.2 Å². The first-order valence-electron chi connectivity index (χ1n) is 10.7. The summed E-state index contributed by atoms with van der Waals surface area (Å²) < 4.78 is 5.24. The van der Waals surface area contributed by atoms with E-state index in [4.69, 9.17) is 10.6 Å². The van der Waals surface area contributed by atoms with Crippen molar-refractivity contribution in [2.24, 2.45) is 5.16 Å². The molecule has 1 saturated heterocycles. The Labute approximate surface area is 225 Å². The van der Waals surface area contributed by atoms with Gasteiger partial charge in [-0.1, -0.05) is 17.8 Å². The number of β-lactam (4-membered cyclic amide) rings is 1. The predicted molar refractivity (Wildman–Crippen MR) is 136 cm³/mol. The molecule has 0 bridgehead atoms. The lowest BCUT2D eigenvalue weighted by molar-refractivity contribution is -0.150. The van der Waals surface area contributed by atoms with Crippen molar-refractivity contribution in [3.8, 4) is 0 Å². The first-order chi connectivity index (χ1) is 18.4. The predicted octanol–water partition coefficient (Wildman–Crippen LogP) is -0.609. The van der Waals surface area contributed by atoms with Crippen LogP contribution in [0, 0.1) is 0 Å². The van der Waals surface area contributed by atoms with E-state index in [1.807, 2.05) is 0 Å². The Kier molecular flexibility index (Phi) is 7.20. The number of amides is 2. The summed E-state index contributed by atoms with van der Waals surface area (Å²) in [6.45, 7) is 3.54. The molecule has 4 N–H and O–H groups in total. The minimum absolute atomic E-state index is 0.0255. The molecule has 2 aliphatic heterocycles. The third-order valence-corrected chi connectivity index (χ3v) is 8.08. The molecule has 0 radical (unpaired) electrons. The van der Waals surface area contributed by atoms with Crippen molar-refractivity contribution in [1.29, 1.82) is 0 Å². The summed E-state index contributed by atoms with van der Waals surface area (Å²) >= 11 is 3.49. The Balaban J connectivity index is 1.30. The molecule has 16 nitrogen and oxygen atoms in total. The van der Waals surface area contributed by atoms with Gasteiger partial charge in [0.2, 0.25) is 11.5 Å². The van der Waals surface area contributed by atoms with Gasteiger partial charge in [0.15, 0.2) is 10.8 Å². The maximum Gasteiger partial charge on any atom is 0.352 e. The van der Waals surface area contributed by atoms with Crippen LogP contribution in [0.25, 0.3) is 5.65 Å². The number of carboxylic acid groups (broad SMARTS) is 1. The van der Waals surface area contributed by atoms with E-state index in [2.05, 4.69) is 47.0 Å². The van der Waals surface area contributed by atoms with Crippen LogP contribution in [0.5, 0.6) is 0 Å². The van der Waals surface area contributed by atoms with Gasteiger partial charge in [0.1, 0.15) is 28.7 Å². The molecule has 196 valence electrons. The number of nitrogens with two attached hydrogens (primary N) is 1. The molecule has 2 unspecified atom stereocenters. The number of oxime groups is 1. The van der Waals surface area contributed by atoms with Gasteiger partial charge in [-0.05, 0) is 28.1 Å². The topological polar surface area (TPSA) is 216 Å². The third kappa shape index (κ3) is 4.89. The number of carboxylic acids is 1. The van der Waals surface area contributed by atoms with Crippen LogP contribution >= 0.6 is 35.1 Å². The van der Waals surface area contributed by atoms with Crippen molar-refractivity contribution in [2.75, 3.05) is 23.8 Å². The van der Waals surface area contributed by atoms with Gasteiger partial charge < -0.3 is 21.0 Å². The molecule has 5 heterocycles. The van der Waals surface area contributed by atoms with E-state index in [0.717, 1.165) is 11.5 Å². The summed E-state index contributed by atoms with van der Waals surface area (Å²) in [5.41, 5.74) is 6.25. The van der Waals surface area contributed by atoms with Gasteiger partial charge in [-0.3, -0.25) is 14.5 Å². The smallest absolute Gasteiger partial charge is 0.352 e. The van der Waals surface area contributed by atoms with Gasteiger partial charge >= 0.3 is 5.97 Å². The number of fused-ring (bicyclic) bond motifs is 2. The van der Waals surface area contributed by atoms with Gasteiger partial charge in [-0.2, -0.15) is 9.36 Å². The highest BCUT2D eigenvalue weighted by Crippen LogP contribution is 2.41. The number of carbonyl (C=O) groups excluding carboxylic acids is 2. The number of carbonyl (C=O) groups is 3. The van der Waals surface area contributed by atoms with Crippen LogP contribution in [0.2, 0.25) is 0 Å². The van der Waals surface area contributed by atoms with Crippen molar-refractivity contribution in [1.82, 2.24) is 44.8 Å². The highest BCUT2D eigenvalue weighted by molar-refractivity contribution is 8.01. The van der Waals surface area contributed by atoms with Crippen molar-refractivity contribution in [3.63, 3.8) is 0 Å². The van der Waals surface area contributed by atoms with Gasteiger partial charge in [0.25, 0.3) is 11.8 Å². The number of tetrazole rings is 1. The van der Waals surface area contributed by atoms with Crippen LogP contribution in [-0.2, 0) is 19.2 Å². The quantitative estimate of drug-likeness (QED) is 0.0686. The molecule has 38 heavy (non-hydrogen) atoms. The van der Waals surface area contributed by atoms with Crippen LogP contribution in [0.4, 0.5) is 5.13 Å². The zero-order chi connectivity index (χ0) is 26.8. The monoisotopic (exact) mass is 575 g/mol. The Morgan fingerprint density at radius 3 is 3.00 bits per heavy atom. The van der Waals surface area contributed by atoms with Crippen LogP contribution in [-0.4, -0.2) is 97.6 Å². The highest BCUT2D eigenvalue weighted by Gasteiger charge is 2.54. The van der Waals surface area contributed by atoms with E-state index in [0.29, 0.717) is 22.0 Å². The molecule has 19 heteroatoms. The van der Waals surface area contributed by atoms with Crippen molar-refractivity contribution in [2.45, 2.75) is 16.4 Å². The fourth-order valence-corrected chi connectivity index (χ4v) is 6.32. The van der Waals surface area contributed by atoms with Gasteiger partial charge in [-0.15, -0.1) is 38.4 Å². The maximum atomic E-state index is 13.0. The lowest BCUT2D eigenvalue weighted by atomic mass is 10.0. The van der Waals surface area contributed by atoms with E-state index in [1.165, 1.54) is 39.1 Å². The highest BCUT2D eigenvalue weighted by atomic mass is 32.2. The molecule has 3 aromatic rings. The number of aromatic nitrogens is 7. The summed E-state index contributed by atoms with van der Waals surface area (Å²) in [6, 6.07) is 2.43. The number of rotatable bonds is 10. The van der Waals surface area contributed by atoms with Gasteiger partial charge in [0, 0.05) is 23.0 Å². The number of nitrogens with one attached hydrogen (secondary N) is 1. The second-order valence-corrected chi connectivity index (χ2v) is 10.5. The van der Waals surface area contributed by atoms with Crippen LogP contribution < -0.4 is 11.1 Å². The first-order valence-corrected chi connectivity index (χ1v) is 13.5. The summed E-state index contributed by atoms with van der Waals surface area (Å²) in [7, 11) is 0. The molecule has 2 atom stereocenters. The molecule has 2 amide bonds. The Morgan fingerprint density at radius 1 is 1.42 bits per heavy atom. The number of hydrogen-bond donors (Lipinski definition) is 3. The SMILES string of the molecule is C=CCO/N=C(/C(=O)NC1C(=O)N2C(C(=O)O)=C(CSc3ccc4nnnn4n3)CSC12)c1nsc(N)n1. The van der Waals surface area contributed by atoms with E-state index in [9.17, 15) is 19.5 Å². The number of nitrogen functional groups attached to an aromatic ring is 1. The molecule has 0 aromatic carbocycles. The summed E-state index contributed by atoms with van der Waals surface area (Å²) in [5, 5.41) is 31.7. The minimum atomic E-state index is -1.24. The van der Waals surface area contributed by atoms with E-state index >= 15 is 0 Å². The van der Waals surface area contributed by atoms with E-state index in [-0.39, 0.29) is 34.7 Å². The van der Waals surface area contributed by atoms with Crippen LogP contribution in [0.1, 0.15) is 5.82 Å². The fraction of sp³-hybridized carbons (Fsp3) is 0.263. The van der Waals surface area contributed by atoms with Crippen LogP contribution in [0.15, 0.2) is 46.2 Å². The third-order valence-electron chi connectivity index (χ3n) is 5.19. The van der Waals surface area contributed by atoms with Crippen molar-refractivity contribution >= 4 is 69.3 Å². The summed E-state index contributed by atoms with van der Waals surface area (Å²) in [5.74, 6) is -2.03. The Hall–Kier alpha value is -4.10. The number of aliphatic carboxylic acids is 1. The normalized spacial score (nSPS) is 19.2. The number of thioether (sulfide) groups is 2. The van der Waals surface area contributed by atoms with Crippen LogP contribution in [0.3, 0.4) is 0 Å². The average Bonchev–Trinajstić information content (AvgIpc) is 3.56. The first kappa shape index (κ1) is 25.5. The molecule has 0 aliphatic carbocycles. The molecule has 2 aliphatic rings. The molecular formula is C19H17N11O5S3. The minimum Gasteiger partial charge on any atom is -0.477 e. The second-order valence-electron chi connectivity index (χ2n) is 7.59. The molecule has 0 spiro atoms. The largest absolute Gasteiger partial charge is 0.477 e. The van der Waals surface area contributed by atoms with Crippen molar-refractivity contribution in [3.05, 3.63) is 41.9 Å². The number of hydrogen-bond acceptors (Lipinski definition) is 15. The average molecular weight is 576 g/mol. The zero-order valence-corrected chi connectivity index (χ0v) is 21.6. The lowest BCUT2D eigenvalue weighted by Gasteiger charge is -2.49.